The van der Waals surface area contributed by atoms with E-state index in [0.717, 1.165) is 32.2 Å². The summed E-state index contributed by atoms with van der Waals surface area (Å²) in [6.45, 7) is 6.03. The lowest BCUT2D eigenvalue weighted by atomic mass is 10.1. The summed E-state index contributed by atoms with van der Waals surface area (Å²) in [5.74, 6) is 0.382. The van der Waals surface area contributed by atoms with Crippen LogP contribution in [-0.2, 0) is 10.2 Å². The molecule has 2 N–H and O–H groups in total. The van der Waals surface area contributed by atoms with Gasteiger partial charge >= 0.3 is 0 Å². The maximum atomic E-state index is 12.3. The number of nitrogens with zero attached hydrogens (tertiary/aromatic N) is 1. The van der Waals surface area contributed by atoms with Crippen molar-refractivity contribution in [3.05, 3.63) is 0 Å². The van der Waals surface area contributed by atoms with E-state index in [-0.39, 0.29) is 6.04 Å². The van der Waals surface area contributed by atoms with Crippen LogP contribution in [0.1, 0.15) is 39.5 Å². The van der Waals surface area contributed by atoms with Gasteiger partial charge in [-0.05, 0) is 25.8 Å². The fraction of sp³-hybridized carbons (Fsp3) is 1.00. The van der Waals surface area contributed by atoms with Crippen LogP contribution in [0.5, 0.6) is 0 Å². The lowest BCUT2D eigenvalue weighted by Gasteiger charge is -2.34. The van der Waals surface area contributed by atoms with Crippen molar-refractivity contribution in [2.24, 2.45) is 5.92 Å². The fourth-order valence-electron chi connectivity index (χ4n) is 2.20. The highest BCUT2D eigenvalue weighted by Gasteiger charge is 2.31. The Hall–Kier alpha value is -0.170. The van der Waals surface area contributed by atoms with Gasteiger partial charge in [-0.3, -0.25) is 0 Å². The molecule has 2 unspecified atom stereocenters. The predicted molar refractivity (Wildman–Crippen MR) is 74.6 cm³/mol. The minimum atomic E-state index is -3.32. The number of rotatable bonds is 7. The molecule has 2 atom stereocenters. The molecule has 1 fully saturated rings. The van der Waals surface area contributed by atoms with E-state index in [2.05, 4.69) is 23.9 Å². The van der Waals surface area contributed by atoms with E-state index >= 15 is 0 Å². The van der Waals surface area contributed by atoms with Gasteiger partial charge in [-0.25, -0.2) is 4.72 Å². The molecular weight excluding hydrogens is 250 g/mol. The van der Waals surface area contributed by atoms with Crippen LogP contribution in [0.4, 0.5) is 0 Å². The van der Waals surface area contributed by atoms with Gasteiger partial charge in [0.1, 0.15) is 0 Å². The topological polar surface area (TPSA) is 61.4 Å². The molecule has 108 valence electrons. The highest BCUT2D eigenvalue weighted by molar-refractivity contribution is 7.87. The number of nitrogens with one attached hydrogen (secondary N) is 2. The molecule has 18 heavy (non-hydrogen) atoms. The molecule has 1 saturated heterocycles. The van der Waals surface area contributed by atoms with Crippen molar-refractivity contribution in [1.82, 2.24) is 14.3 Å². The molecule has 0 radical (unpaired) electrons. The summed E-state index contributed by atoms with van der Waals surface area (Å²) in [6, 6.07) is 0.0955. The number of piperidine rings is 1. The smallest absolute Gasteiger partial charge is 0.279 e. The molecule has 0 amide bonds. The van der Waals surface area contributed by atoms with Gasteiger partial charge in [0.15, 0.2) is 0 Å². The van der Waals surface area contributed by atoms with Crippen LogP contribution in [0.3, 0.4) is 0 Å². The largest absolute Gasteiger partial charge is 0.318 e. The van der Waals surface area contributed by atoms with Gasteiger partial charge in [-0.1, -0.05) is 26.7 Å². The number of hydrogen-bond acceptors (Lipinski definition) is 3. The summed E-state index contributed by atoms with van der Waals surface area (Å²) in [7, 11) is -1.45. The minimum Gasteiger partial charge on any atom is -0.318 e. The molecule has 1 rings (SSSR count). The van der Waals surface area contributed by atoms with Crippen molar-refractivity contribution in [3.8, 4) is 0 Å². The molecule has 0 aliphatic carbocycles. The highest BCUT2D eigenvalue weighted by Crippen LogP contribution is 2.19. The quantitative estimate of drug-likeness (QED) is 0.728. The van der Waals surface area contributed by atoms with Crippen LogP contribution in [0.2, 0.25) is 0 Å². The molecule has 1 heterocycles. The Morgan fingerprint density at radius 1 is 1.39 bits per heavy atom. The van der Waals surface area contributed by atoms with Crippen LogP contribution < -0.4 is 10.0 Å². The lowest BCUT2D eigenvalue weighted by Crippen LogP contribution is -2.52. The third-order valence-electron chi connectivity index (χ3n) is 3.63. The number of likely N-dealkylation sites (N-methyl/N-ethyl adjacent to an activating group) is 1. The van der Waals surface area contributed by atoms with Gasteiger partial charge < -0.3 is 5.32 Å². The summed E-state index contributed by atoms with van der Waals surface area (Å²) in [5.41, 5.74) is 0. The van der Waals surface area contributed by atoms with E-state index in [1.165, 1.54) is 0 Å². The summed E-state index contributed by atoms with van der Waals surface area (Å²) in [6.07, 6.45) is 4.02. The summed E-state index contributed by atoms with van der Waals surface area (Å²) >= 11 is 0. The maximum Gasteiger partial charge on any atom is 0.279 e. The Balaban J connectivity index is 2.62. The van der Waals surface area contributed by atoms with Crippen LogP contribution in [0, 0.1) is 5.92 Å². The maximum absolute atomic E-state index is 12.3. The third-order valence-corrected chi connectivity index (χ3v) is 5.26. The van der Waals surface area contributed by atoms with Gasteiger partial charge in [0.25, 0.3) is 10.2 Å². The van der Waals surface area contributed by atoms with Crippen LogP contribution in [0.25, 0.3) is 0 Å². The van der Waals surface area contributed by atoms with Crippen LogP contribution in [-0.4, -0.2) is 45.4 Å². The first kappa shape index (κ1) is 15.9. The van der Waals surface area contributed by atoms with E-state index in [1.54, 1.807) is 4.31 Å². The average Bonchev–Trinajstić information content (AvgIpc) is 2.37. The first-order chi connectivity index (χ1) is 8.51. The molecule has 0 bridgehead atoms. The van der Waals surface area contributed by atoms with Crippen molar-refractivity contribution in [3.63, 3.8) is 0 Å². The van der Waals surface area contributed by atoms with Gasteiger partial charge in [-0.15, -0.1) is 0 Å². The molecule has 0 spiro atoms. The summed E-state index contributed by atoms with van der Waals surface area (Å²) in [4.78, 5) is 0. The molecule has 6 heteroatoms. The normalized spacial score (nSPS) is 24.1. The zero-order chi connectivity index (χ0) is 13.6. The summed E-state index contributed by atoms with van der Waals surface area (Å²) < 4.78 is 28.9. The van der Waals surface area contributed by atoms with E-state index in [1.807, 2.05) is 7.05 Å². The van der Waals surface area contributed by atoms with Crippen molar-refractivity contribution < 1.29 is 8.42 Å². The van der Waals surface area contributed by atoms with E-state index in [9.17, 15) is 8.42 Å². The monoisotopic (exact) mass is 277 g/mol. The Morgan fingerprint density at radius 3 is 2.72 bits per heavy atom. The first-order valence-corrected chi connectivity index (χ1v) is 8.36. The summed E-state index contributed by atoms with van der Waals surface area (Å²) in [5, 5.41) is 3.08. The molecule has 0 aromatic heterocycles. The number of hydrogen-bond donors (Lipinski definition) is 2. The fourth-order valence-corrected chi connectivity index (χ4v) is 3.81. The third kappa shape index (κ3) is 4.50. The molecule has 1 aliphatic rings. The molecule has 1 aliphatic heterocycles. The van der Waals surface area contributed by atoms with Gasteiger partial charge in [-0.2, -0.15) is 12.7 Å². The van der Waals surface area contributed by atoms with Crippen LogP contribution >= 0.6 is 0 Å². The van der Waals surface area contributed by atoms with Gasteiger partial charge in [0, 0.05) is 25.7 Å². The average molecular weight is 277 g/mol. The molecule has 0 aromatic carbocycles. The van der Waals surface area contributed by atoms with E-state index in [4.69, 9.17) is 0 Å². The molecule has 5 nitrogen and oxygen atoms in total. The standard InChI is InChI=1S/C12H27N3O2S/c1-4-11(2)9-14-18(16,17)15-8-6-5-7-12(15)10-13-3/h11-14H,4-10H2,1-3H3. The Kier molecular flexibility index (Phi) is 6.55. The molecule has 0 saturated carbocycles. The van der Waals surface area contributed by atoms with Gasteiger partial charge in [0.2, 0.25) is 0 Å². The molecular formula is C12H27N3O2S. The highest BCUT2D eigenvalue weighted by atomic mass is 32.2. The lowest BCUT2D eigenvalue weighted by molar-refractivity contribution is 0.245. The second kappa shape index (κ2) is 7.43. The zero-order valence-corrected chi connectivity index (χ0v) is 12.6. The van der Waals surface area contributed by atoms with Crippen molar-refractivity contribution in [2.45, 2.75) is 45.6 Å². The Labute approximate surface area is 112 Å². The SMILES string of the molecule is CCC(C)CNS(=O)(=O)N1CCCCC1CNC. The zero-order valence-electron chi connectivity index (χ0n) is 11.8. The van der Waals surface area contributed by atoms with Crippen molar-refractivity contribution in [2.75, 3.05) is 26.7 Å². The van der Waals surface area contributed by atoms with Crippen molar-refractivity contribution >= 4 is 10.2 Å². The minimum absolute atomic E-state index is 0.0955. The predicted octanol–water partition coefficient (Wildman–Crippen LogP) is 0.941. The second-order valence-corrected chi connectivity index (χ2v) is 6.89. The van der Waals surface area contributed by atoms with E-state index < -0.39 is 10.2 Å². The van der Waals surface area contributed by atoms with E-state index in [0.29, 0.717) is 19.0 Å². The van der Waals surface area contributed by atoms with Crippen LogP contribution in [0.15, 0.2) is 0 Å². The van der Waals surface area contributed by atoms with Gasteiger partial charge in [0.05, 0.1) is 0 Å². The Morgan fingerprint density at radius 2 is 2.11 bits per heavy atom. The second-order valence-electron chi connectivity index (χ2n) is 5.18. The Bertz CT molecular complexity index is 330. The molecule has 0 aromatic rings. The van der Waals surface area contributed by atoms with Crippen molar-refractivity contribution in [1.29, 1.82) is 0 Å². The first-order valence-electron chi connectivity index (χ1n) is 6.92.